The molecule has 0 bridgehead atoms. The third-order valence-corrected chi connectivity index (χ3v) is 15.6. The average Bonchev–Trinajstić information content (AvgIpc) is 0.792. The number of hydrogen-bond donors (Lipinski definition) is 11. The molecule has 8 aromatic rings. The molecule has 0 spiro atoms. The predicted molar refractivity (Wildman–Crippen MR) is 375 cm³/mol. The van der Waals surface area contributed by atoms with E-state index in [0.29, 0.717) is 0 Å². The monoisotopic (exact) mass is 1620 g/mol. The van der Waals surface area contributed by atoms with Crippen molar-refractivity contribution in [3.05, 3.63) is 185 Å². The number of methoxy groups -OCH3 is 4. The minimum atomic E-state index is -1.90. The van der Waals surface area contributed by atoms with E-state index < -0.39 is 80.1 Å². The number of rotatable bonds is 13. The zero-order valence-corrected chi connectivity index (χ0v) is 60.3. The first-order valence-electron chi connectivity index (χ1n) is 26.8. The summed E-state index contributed by atoms with van der Waals surface area (Å²) in [4.78, 5) is 97.5. The summed E-state index contributed by atoms with van der Waals surface area (Å²) >= 11 is 63.0. The van der Waals surface area contributed by atoms with Gasteiger partial charge in [-0.3, -0.25) is 9.59 Å². The van der Waals surface area contributed by atoms with Gasteiger partial charge in [-0.1, -0.05) is 134 Å². The molecule has 0 saturated carbocycles. The fourth-order valence-electron chi connectivity index (χ4n) is 7.36. The second-order valence-corrected chi connectivity index (χ2v) is 23.0. The number of benzene rings is 3. The van der Waals surface area contributed by atoms with E-state index in [-0.39, 0.29) is 163 Å². The van der Waals surface area contributed by atoms with Crippen molar-refractivity contribution in [2.45, 2.75) is 33.7 Å². The van der Waals surface area contributed by atoms with Crippen molar-refractivity contribution in [3.8, 4) is 22.5 Å². The van der Waals surface area contributed by atoms with Crippen molar-refractivity contribution in [2.75, 3.05) is 56.3 Å². The van der Waals surface area contributed by atoms with E-state index in [1.54, 1.807) is 0 Å². The van der Waals surface area contributed by atoms with Crippen LogP contribution in [-0.4, -0.2) is 133 Å². The highest BCUT2D eigenvalue weighted by atomic mass is 35.5. The van der Waals surface area contributed by atoms with E-state index in [9.17, 15) is 56.9 Å². The number of pyridine rings is 5. The number of hydrogen-bond acceptors (Lipinski definition) is 24. The predicted octanol–water partition coefficient (Wildman–Crippen LogP) is 11.7. The molecular formula is C59H49BCl11F3N10O17. The SMILES string of the molecule is COC(=O)c1nc(-c2ccc(Cl)c(CO)c2F)cc(N)c1Cl.COC(=O)c1nc(-c2ccc(Cl)c(CO)c2F)cc(NC(C)=O)c1Cl.COC(=O)c1nc(Cl)cc(N)c1Cl.COC(=O)c1nc(Cl)cc(NC(C)=O)c1Cl.Nc1cc(Cl)nc(C(=O)O)c1Cl.OCc1c(Cl)ccc(B(O)O)c1F. The number of carboxylic acids is 1. The third kappa shape index (κ3) is 23.8. The quantitative estimate of drug-likeness (QED) is 0.0221. The molecule has 5 aromatic heterocycles. The summed E-state index contributed by atoms with van der Waals surface area (Å²) in [6, 6.07) is 14.6. The van der Waals surface area contributed by atoms with Crippen LogP contribution in [0.2, 0.25) is 55.6 Å². The molecule has 0 atom stereocenters. The number of amides is 2. The highest BCUT2D eigenvalue weighted by Gasteiger charge is 2.26. The van der Waals surface area contributed by atoms with Gasteiger partial charge in [0, 0.05) is 68.3 Å². The summed E-state index contributed by atoms with van der Waals surface area (Å²) in [7, 11) is 2.81. The average molecular weight is 1630 g/mol. The van der Waals surface area contributed by atoms with Gasteiger partial charge in [0.1, 0.15) is 32.9 Å². The van der Waals surface area contributed by atoms with E-state index in [0.717, 1.165) is 20.3 Å². The maximum absolute atomic E-state index is 14.6. The molecule has 0 fully saturated rings. The lowest BCUT2D eigenvalue weighted by Crippen LogP contribution is -2.33. The summed E-state index contributed by atoms with van der Waals surface area (Å²) in [5.74, 6) is -7.50. The summed E-state index contributed by atoms with van der Waals surface area (Å²) in [6.45, 7) is 0.786. The first kappa shape index (κ1) is 87.2. The highest BCUT2D eigenvalue weighted by molar-refractivity contribution is 6.59. The van der Waals surface area contributed by atoms with Crippen LogP contribution in [0.4, 0.5) is 41.6 Å². The Labute approximate surface area is 624 Å². The van der Waals surface area contributed by atoms with Crippen molar-refractivity contribution in [1.82, 2.24) is 24.9 Å². The lowest BCUT2D eigenvalue weighted by molar-refractivity contribution is -0.115. The van der Waals surface area contributed by atoms with Crippen LogP contribution in [0.5, 0.6) is 0 Å². The Kier molecular flexibility index (Phi) is 35.0. The molecule has 0 aliphatic heterocycles. The van der Waals surface area contributed by atoms with Crippen LogP contribution >= 0.6 is 128 Å². The van der Waals surface area contributed by atoms with Crippen molar-refractivity contribution in [2.24, 2.45) is 0 Å². The number of nitrogens with two attached hydrogens (primary N) is 3. The summed E-state index contributed by atoms with van der Waals surface area (Å²) in [6.07, 6.45) is 0. The number of aliphatic hydroxyl groups is 3. The molecule has 14 N–H and O–H groups in total. The lowest BCUT2D eigenvalue weighted by Gasteiger charge is -2.13. The molecular weight excluding hydrogens is 1580 g/mol. The maximum Gasteiger partial charge on any atom is 0.491 e. The molecule has 27 nitrogen and oxygen atoms in total. The fourth-order valence-corrected chi connectivity index (χ4v) is 9.54. The Morgan fingerprint density at radius 2 is 0.733 bits per heavy atom. The van der Waals surface area contributed by atoms with Crippen LogP contribution in [0.1, 0.15) is 83.0 Å². The number of aromatic carboxylic acids is 1. The van der Waals surface area contributed by atoms with Gasteiger partial charge < -0.3 is 77.3 Å². The molecule has 538 valence electrons. The smallest absolute Gasteiger partial charge is 0.476 e. The van der Waals surface area contributed by atoms with Gasteiger partial charge in [0.2, 0.25) is 11.8 Å². The van der Waals surface area contributed by atoms with Crippen LogP contribution in [0.3, 0.4) is 0 Å². The molecule has 42 heteroatoms. The number of esters is 4. The molecule has 0 aliphatic carbocycles. The Morgan fingerprint density at radius 1 is 0.436 bits per heavy atom. The number of nitrogen functional groups attached to an aromatic ring is 3. The van der Waals surface area contributed by atoms with E-state index in [4.69, 9.17) is 165 Å². The van der Waals surface area contributed by atoms with Crippen molar-refractivity contribution in [1.29, 1.82) is 0 Å². The van der Waals surface area contributed by atoms with E-state index in [2.05, 4.69) is 54.5 Å². The first-order valence-corrected chi connectivity index (χ1v) is 30.9. The minimum Gasteiger partial charge on any atom is -0.476 e. The van der Waals surface area contributed by atoms with E-state index in [1.807, 2.05) is 0 Å². The zero-order valence-electron chi connectivity index (χ0n) is 52.0. The molecule has 0 unspecified atom stereocenters. The highest BCUT2D eigenvalue weighted by Crippen LogP contribution is 2.37. The number of carbonyl (C=O) groups excluding carboxylic acids is 6. The number of carboxylic acid groups (broad SMARTS) is 1. The third-order valence-electron chi connectivity index (χ3n) is 12.0. The van der Waals surface area contributed by atoms with Gasteiger partial charge in [0.05, 0.1) is 113 Å². The Bertz CT molecular complexity index is 4470. The summed E-state index contributed by atoms with van der Waals surface area (Å²) < 4.78 is 60.3. The Morgan fingerprint density at radius 3 is 1.09 bits per heavy atom. The molecule has 0 saturated heterocycles. The largest absolute Gasteiger partial charge is 0.491 e. The second kappa shape index (κ2) is 40.6. The topological polar surface area (TPSA) is 444 Å². The molecule has 5 heterocycles. The van der Waals surface area contributed by atoms with Gasteiger partial charge >= 0.3 is 37.0 Å². The summed E-state index contributed by atoms with van der Waals surface area (Å²) in [5.41, 5.74) is 15.6. The lowest BCUT2D eigenvalue weighted by atomic mass is 9.79. The van der Waals surface area contributed by atoms with Crippen LogP contribution in [0, 0.1) is 17.5 Å². The van der Waals surface area contributed by atoms with Gasteiger partial charge in [-0.2, -0.15) is 0 Å². The normalized spacial score (nSPS) is 10.2. The molecule has 0 radical (unpaired) electrons. The Hall–Kier alpha value is -8.06. The standard InChI is InChI=1S/C16H13Cl2FN2O4.C14H11Cl2FN2O3.C9H8Cl2N2O3.C7H7BClFO3.C7H6Cl2N2O2.C6H4Cl2N2O2/c1-7(23)20-12-5-11(21-15(13(12)18)16(24)25-2)8-3-4-10(17)9(6-22)14(8)19;1-22-14(21)13-11(16)9(18)4-10(19-13)6-2-3-8(15)7(5-20)12(6)17;1-4(14)12-5-3-6(10)13-8(7(5)11)9(15)16-2;9-6-2-1-5(8(12)13)7(10)4(6)3-11;1-13-7(12)6-5(9)3(10)2-4(8)11-6;7-3-1-2(9)4(8)5(10-3)6(11)12/h3-5,22H,6H2,1-2H3,(H,20,21,23);2-4,20H,5H2,1H3,(H2,18,19);3H,1-2H3,(H,12,13,14);1-2,11-13H,3H2;2H,1H3,(H2,10,11);1H,(H2,9,10)(H,11,12). The van der Waals surface area contributed by atoms with Crippen LogP contribution in [-0.2, 0) is 48.4 Å². The van der Waals surface area contributed by atoms with Crippen molar-refractivity contribution >= 4 is 210 Å². The van der Waals surface area contributed by atoms with E-state index in [1.165, 1.54) is 88.7 Å². The van der Waals surface area contributed by atoms with Gasteiger partial charge in [0.15, 0.2) is 28.5 Å². The maximum atomic E-state index is 14.6. The number of aromatic nitrogens is 5. The van der Waals surface area contributed by atoms with Gasteiger partial charge in [-0.05, 0) is 54.6 Å². The van der Waals surface area contributed by atoms with E-state index >= 15 is 0 Å². The van der Waals surface area contributed by atoms with Crippen LogP contribution in [0.25, 0.3) is 22.5 Å². The summed E-state index contributed by atoms with van der Waals surface area (Å²) in [5, 5.41) is 58.1. The number of ether oxygens (including phenoxy) is 4. The number of anilines is 5. The van der Waals surface area contributed by atoms with Crippen LogP contribution in [0.15, 0.2) is 66.7 Å². The number of nitrogens with zero attached hydrogens (tertiary/aromatic N) is 5. The Balaban J connectivity index is 0.000000322. The number of nitrogens with one attached hydrogen (secondary N) is 2. The number of aliphatic hydroxyl groups excluding tert-OH is 3. The van der Waals surface area contributed by atoms with Crippen LogP contribution < -0.4 is 33.3 Å². The molecule has 0 aliphatic rings. The van der Waals surface area contributed by atoms with Gasteiger partial charge in [0.25, 0.3) is 0 Å². The molecule has 3 aromatic carbocycles. The first-order chi connectivity index (χ1) is 47.3. The molecule has 8 rings (SSSR count). The fraction of sp³-hybridized carbons (Fsp3) is 0.153. The molecule has 2 amide bonds. The molecule has 101 heavy (non-hydrogen) atoms. The van der Waals surface area contributed by atoms with Crippen molar-refractivity contribution in [3.63, 3.8) is 0 Å². The minimum absolute atomic E-state index is 0.00792. The van der Waals surface area contributed by atoms with Crippen molar-refractivity contribution < 1.29 is 96.2 Å². The van der Waals surface area contributed by atoms with Gasteiger partial charge in [-0.25, -0.2) is 62.1 Å². The van der Waals surface area contributed by atoms with Gasteiger partial charge in [-0.15, -0.1) is 0 Å². The number of halogens is 14. The zero-order chi connectivity index (χ0) is 76.8. The second-order valence-electron chi connectivity index (χ2n) is 18.7. The number of carbonyl (C=O) groups is 7.